The van der Waals surface area contributed by atoms with E-state index in [0.717, 1.165) is 31.0 Å². The van der Waals surface area contributed by atoms with Gasteiger partial charge in [0.1, 0.15) is 12.1 Å². The van der Waals surface area contributed by atoms with Gasteiger partial charge in [0.15, 0.2) is 0 Å². The Morgan fingerprint density at radius 2 is 2.00 bits per heavy atom. The van der Waals surface area contributed by atoms with Crippen molar-refractivity contribution in [2.24, 2.45) is 0 Å². The van der Waals surface area contributed by atoms with E-state index in [0.29, 0.717) is 12.8 Å². The molecule has 0 radical (unpaired) electrons. The Kier molecular flexibility index (Phi) is 3.75. The number of likely N-dealkylation sites (tertiary alicyclic amines) is 1. The topological polar surface area (TPSA) is 90.0 Å². The minimum absolute atomic E-state index is 0.393. The lowest BCUT2D eigenvalue weighted by Crippen LogP contribution is -2.55. The SMILES string of the molecule is CCCN1CCC2(CC1)NC(=O)N(CC(=O)O)C2=O. The molecule has 2 heterocycles. The molecule has 7 heteroatoms. The molecule has 2 fully saturated rings. The zero-order chi connectivity index (χ0) is 14.0. The third kappa shape index (κ3) is 2.56. The summed E-state index contributed by atoms with van der Waals surface area (Å²) in [5, 5.41) is 11.4. The summed E-state index contributed by atoms with van der Waals surface area (Å²) in [7, 11) is 0. The fraction of sp³-hybridized carbons (Fsp3) is 0.750. The molecule has 0 atom stereocenters. The van der Waals surface area contributed by atoms with Crippen LogP contribution in [0.3, 0.4) is 0 Å². The molecule has 3 amide bonds. The second-order valence-electron chi connectivity index (χ2n) is 5.14. The average Bonchev–Trinajstić information content (AvgIpc) is 2.57. The first-order chi connectivity index (χ1) is 8.98. The Hall–Kier alpha value is -1.63. The summed E-state index contributed by atoms with van der Waals surface area (Å²) < 4.78 is 0. The van der Waals surface area contributed by atoms with E-state index < -0.39 is 30.0 Å². The highest BCUT2D eigenvalue weighted by molar-refractivity contribution is 6.08. The highest BCUT2D eigenvalue weighted by Crippen LogP contribution is 2.29. The molecule has 106 valence electrons. The molecular formula is C12H19N3O4. The maximum atomic E-state index is 12.3. The summed E-state index contributed by atoms with van der Waals surface area (Å²) in [6, 6.07) is -0.587. The number of aliphatic carboxylic acids is 1. The van der Waals surface area contributed by atoms with Crippen LogP contribution >= 0.6 is 0 Å². The van der Waals surface area contributed by atoms with E-state index in [9.17, 15) is 14.4 Å². The van der Waals surface area contributed by atoms with Gasteiger partial charge in [0.05, 0.1) is 0 Å². The van der Waals surface area contributed by atoms with Crippen molar-refractivity contribution in [3.63, 3.8) is 0 Å². The van der Waals surface area contributed by atoms with Gasteiger partial charge in [-0.2, -0.15) is 0 Å². The van der Waals surface area contributed by atoms with Gasteiger partial charge in [-0.05, 0) is 25.8 Å². The minimum atomic E-state index is -1.18. The van der Waals surface area contributed by atoms with Crippen molar-refractivity contribution < 1.29 is 19.5 Å². The Labute approximate surface area is 111 Å². The largest absolute Gasteiger partial charge is 0.480 e. The predicted octanol–water partition coefficient (Wildman–Crippen LogP) is -0.133. The first-order valence-corrected chi connectivity index (χ1v) is 6.57. The molecule has 19 heavy (non-hydrogen) atoms. The normalized spacial score (nSPS) is 22.9. The van der Waals surface area contributed by atoms with E-state index in [-0.39, 0.29) is 0 Å². The van der Waals surface area contributed by atoms with Gasteiger partial charge in [-0.1, -0.05) is 6.92 Å². The summed E-state index contributed by atoms with van der Waals surface area (Å²) in [5.74, 6) is -1.57. The number of carbonyl (C=O) groups excluding carboxylic acids is 2. The van der Waals surface area contributed by atoms with Crippen LogP contribution in [0.25, 0.3) is 0 Å². The molecule has 1 spiro atoms. The second kappa shape index (κ2) is 5.16. The summed E-state index contributed by atoms with van der Waals surface area (Å²) in [5.41, 5.74) is -0.878. The number of urea groups is 1. The van der Waals surface area contributed by atoms with Crippen LogP contribution in [-0.2, 0) is 9.59 Å². The van der Waals surface area contributed by atoms with E-state index in [4.69, 9.17) is 5.11 Å². The van der Waals surface area contributed by atoms with Gasteiger partial charge in [0, 0.05) is 13.1 Å². The summed E-state index contributed by atoms with van der Waals surface area (Å²) >= 11 is 0. The molecule has 0 aromatic heterocycles. The minimum Gasteiger partial charge on any atom is -0.480 e. The van der Waals surface area contributed by atoms with Crippen molar-refractivity contribution >= 4 is 17.9 Å². The first kappa shape index (κ1) is 13.8. The van der Waals surface area contributed by atoms with E-state index in [1.807, 2.05) is 0 Å². The van der Waals surface area contributed by atoms with Gasteiger partial charge in [-0.25, -0.2) is 4.79 Å². The van der Waals surface area contributed by atoms with Gasteiger partial charge in [-0.3, -0.25) is 14.5 Å². The highest BCUT2D eigenvalue weighted by atomic mass is 16.4. The maximum absolute atomic E-state index is 12.3. The molecule has 2 aliphatic heterocycles. The van der Waals surface area contributed by atoms with E-state index >= 15 is 0 Å². The number of carboxylic acid groups (broad SMARTS) is 1. The quantitative estimate of drug-likeness (QED) is 0.694. The third-order valence-electron chi connectivity index (χ3n) is 3.79. The van der Waals surface area contributed by atoms with Crippen LogP contribution in [0.15, 0.2) is 0 Å². The fourth-order valence-corrected chi connectivity index (χ4v) is 2.77. The number of nitrogens with one attached hydrogen (secondary N) is 1. The molecule has 0 unspecified atom stereocenters. The number of piperidine rings is 1. The number of imide groups is 1. The molecule has 0 aromatic carbocycles. The highest BCUT2D eigenvalue weighted by Gasteiger charge is 2.52. The Morgan fingerprint density at radius 1 is 1.37 bits per heavy atom. The molecule has 0 saturated carbocycles. The van der Waals surface area contributed by atoms with Crippen LogP contribution in [0.2, 0.25) is 0 Å². The second-order valence-corrected chi connectivity index (χ2v) is 5.14. The molecular weight excluding hydrogens is 250 g/mol. The number of carbonyl (C=O) groups is 3. The van der Waals surface area contributed by atoms with Crippen molar-refractivity contribution in [2.75, 3.05) is 26.2 Å². The van der Waals surface area contributed by atoms with Crippen molar-refractivity contribution in [3.05, 3.63) is 0 Å². The molecule has 0 bridgehead atoms. The Morgan fingerprint density at radius 3 is 2.53 bits per heavy atom. The molecule has 2 aliphatic rings. The van der Waals surface area contributed by atoms with Crippen LogP contribution in [-0.4, -0.2) is 64.5 Å². The molecule has 2 rings (SSSR count). The van der Waals surface area contributed by atoms with Crippen LogP contribution in [0, 0.1) is 0 Å². The lowest BCUT2D eigenvalue weighted by atomic mass is 9.87. The van der Waals surface area contributed by atoms with Gasteiger partial charge >= 0.3 is 12.0 Å². The molecule has 2 saturated heterocycles. The number of rotatable bonds is 4. The first-order valence-electron chi connectivity index (χ1n) is 6.57. The predicted molar refractivity (Wildman–Crippen MR) is 66.6 cm³/mol. The summed E-state index contributed by atoms with van der Waals surface area (Å²) in [4.78, 5) is 37.7. The number of hydrogen-bond acceptors (Lipinski definition) is 4. The number of nitrogens with zero attached hydrogens (tertiary/aromatic N) is 2. The Balaban J connectivity index is 2.04. The van der Waals surface area contributed by atoms with Gasteiger partial charge in [0.25, 0.3) is 5.91 Å². The van der Waals surface area contributed by atoms with Gasteiger partial charge in [-0.15, -0.1) is 0 Å². The van der Waals surface area contributed by atoms with Crippen LogP contribution in [0.5, 0.6) is 0 Å². The zero-order valence-electron chi connectivity index (χ0n) is 11.0. The summed E-state index contributed by atoms with van der Waals surface area (Å²) in [6.45, 7) is 4.02. The molecule has 0 aliphatic carbocycles. The van der Waals surface area contributed by atoms with Crippen LogP contribution in [0.1, 0.15) is 26.2 Å². The smallest absolute Gasteiger partial charge is 0.325 e. The van der Waals surface area contributed by atoms with E-state index in [1.54, 1.807) is 0 Å². The lowest BCUT2D eigenvalue weighted by molar-refractivity contribution is -0.143. The van der Waals surface area contributed by atoms with Crippen molar-refractivity contribution in [2.45, 2.75) is 31.7 Å². The number of carboxylic acids is 1. The zero-order valence-corrected chi connectivity index (χ0v) is 11.0. The number of amides is 3. The van der Waals surface area contributed by atoms with Crippen molar-refractivity contribution in [1.29, 1.82) is 0 Å². The van der Waals surface area contributed by atoms with E-state index in [1.165, 1.54) is 0 Å². The summed E-state index contributed by atoms with van der Waals surface area (Å²) in [6.07, 6.45) is 2.15. The fourth-order valence-electron chi connectivity index (χ4n) is 2.77. The van der Waals surface area contributed by atoms with Gasteiger partial charge in [0.2, 0.25) is 0 Å². The third-order valence-corrected chi connectivity index (χ3v) is 3.79. The Bertz CT molecular complexity index is 402. The molecule has 7 nitrogen and oxygen atoms in total. The molecule has 0 aromatic rings. The monoisotopic (exact) mass is 269 g/mol. The molecule has 2 N–H and O–H groups in total. The number of hydrogen-bond donors (Lipinski definition) is 2. The van der Waals surface area contributed by atoms with Crippen LogP contribution in [0.4, 0.5) is 4.79 Å². The average molecular weight is 269 g/mol. The van der Waals surface area contributed by atoms with Gasteiger partial charge < -0.3 is 15.3 Å². The van der Waals surface area contributed by atoms with Crippen molar-refractivity contribution in [1.82, 2.24) is 15.1 Å². The lowest BCUT2D eigenvalue weighted by Gasteiger charge is -2.37. The maximum Gasteiger partial charge on any atom is 0.325 e. The standard InChI is InChI=1S/C12H19N3O4/c1-2-5-14-6-3-12(4-7-14)10(18)15(8-9(16)17)11(19)13-12/h2-8H2,1H3,(H,13,19)(H,16,17). The van der Waals surface area contributed by atoms with Crippen LogP contribution < -0.4 is 5.32 Å². The van der Waals surface area contributed by atoms with Crippen molar-refractivity contribution in [3.8, 4) is 0 Å². The van der Waals surface area contributed by atoms with E-state index in [2.05, 4.69) is 17.1 Å².